The highest BCUT2D eigenvalue weighted by Crippen LogP contribution is 2.29. The van der Waals surface area contributed by atoms with Crippen LogP contribution in [0, 0.1) is 11.8 Å². The lowest BCUT2D eigenvalue weighted by Crippen LogP contribution is -2.36. The van der Waals surface area contributed by atoms with Crippen LogP contribution >= 0.6 is 0 Å². The third-order valence-electron chi connectivity index (χ3n) is 3.66. The molecule has 5 heteroatoms. The second-order valence-corrected chi connectivity index (χ2v) is 5.48. The molecule has 0 radical (unpaired) electrons. The molecule has 0 aromatic rings. The summed E-state index contributed by atoms with van der Waals surface area (Å²) in [5, 5.41) is 3.27. The topological polar surface area (TPSA) is 21.3 Å². The Hall–Kier alpha value is -0.290. The van der Waals surface area contributed by atoms with Crippen LogP contribution in [0.15, 0.2) is 0 Å². The Labute approximate surface area is 107 Å². The van der Waals surface area contributed by atoms with E-state index < -0.39 is 12.8 Å². The molecular formula is C13H24F3NO. The van der Waals surface area contributed by atoms with Crippen molar-refractivity contribution in [2.75, 3.05) is 19.8 Å². The first-order chi connectivity index (χ1) is 8.38. The summed E-state index contributed by atoms with van der Waals surface area (Å²) in [5.41, 5.74) is 0. The molecule has 1 N–H and O–H groups in total. The minimum absolute atomic E-state index is 0.129. The Bertz CT molecular complexity index is 223. The summed E-state index contributed by atoms with van der Waals surface area (Å²) in [6.45, 7) is 4.00. The zero-order valence-corrected chi connectivity index (χ0v) is 11.2. The van der Waals surface area contributed by atoms with Crippen LogP contribution in [-0.4, -0.2) is 32.0 Å². The van der Waals surface area contributed by atoms with Crippen molar-refractivity contribution in [1.82, 2.24) is 5.32 Å². The van der Waals surface area contributed by atoms with Gasteiger partial charge in [-0.25, -0.2) is 0 Å². The predicted octanol–water partition coefficient (Wildman–Crippen LogP) is 3.37. The molecule has 18 heavy (non-hydrogen) atoms. The minimum Gasteiger partial charge on any atom is -0.371 e. The number of rotatable bonds is 6. The standard InChI is InChI=1S/C13H24F3NO/c1-10(2)11-3-5-12(6-4-11)17-7-8-18-9-13(14,15)16/h10-12,17H,3-9H2,1-2H3. The number of hydrogen-bond donors (Lipinski definition) is 1. The van der Waals surface area contributed by atoms with Crippen molar-refractivity contribution in [3.63, 3.8) is 0 Å². The molecule has 0 aromatic heterocycles. The number of nitrogens with one attached hydrogen (secondary N) is 1. The molecule has 1 fully saturated rings. The van der Waals surface area contributed by atoms with Crippen LogP contribution in [0.3, 0.4) is 0 Å². The fourth-order valence-electron chi connectivity index (χ4n) is 2.51. The first-order valence-electron chi connectivity index (χ1n) is 6.76. The number of hydrogen-bond acceptors (Lipinski definition) is 2. The molecule has 0 amide bonds. The molecule has 0 atom stereocenters. The van der Waals surface area contributed by atoms with Gasteiger partial charge in [0, 0.05) is 12.6 Å². The van der Waals surface area contributed by atoms with E-state index in [0.29, 0.717) is 12.6 Å². The van der Waals surface area contributed by atoms with Crippen molar-refractivity contribution in [3.8, 4) is 0 Å². The predicted molar refractivity (Wildman–Crippen MR) is 65.5 cm³/mol. The van der Waals surface area contributed by atoms with E-state index in [9.17, 15) is 13.2 Å². The fraction of sp³-hybridized carbons (Fsp3) is 1.00. The van der Waals surface area contributed by atoms with E-state index in [1.165, 1.54) is 12.8 Å². The molecule has 108 valence electrons. The van der Waals surface area contributed by atoms with Crippen molar-refractivity contribution in [1.29, 1.82) is 0 Å². The van der Waals surface area contributed by atoms with Crippen molar-refractivity contribution < 1.29 is 17.9 Å². The lowest BCUT2D eigenvalue weighted by molar-refractivity contribution is -0.173. The first-order valence-corrected chi connectivity index (χ1v) is 6.76. The van der Waals surface area contributed by atoms with E-state index >= 15 is 0 Å². The van der Waals surface area contributed by atoms with Gasteiger partial charge < -0.3 is 10.1 Å². The summed E-state index contributed by atoms with van der Waals surface area (Å²) >= 11 is 0. The molecule has 0 spiro atoms. The summed E-state index contributed by atoms with van der Waals surface area (Å²) in [6.07, 6.45) is 0.483. The molecule has 1 saturated carbocycles. The van der Waals surface area contributed by atoms with Crippen molar-refractivity contribution >= 4 is 0 Å². The zero-order chi connectivity index (χ0) is 13.6. The summed E-state index contributed by atoms with van der Waals surface area (Å²) in [6, 6.07) is 0.453. The van der Waals surface area contributed by atoms with Crippen LogP contribution in [0.1, 0.15) is 39.5 Å². The third kappa shape index (κ3) is 6.59. The molecule has 1 aliphatic carbocycles. The van der Waals surface area contributed by atoms with Crippen LogP contribution in [0.5, 0.6) is 0 Å². The maximum Gasteiger partial charge on any atom is 0.411 e. The normalized spacial score (nSPS) is 25.7. The van der Waals surface area contributed by atoms with E-state index in [4.69, 9.17) is 0 Å². The van der Waals surface area contributed by atoms with Gasteiger partial charge >= 0.3 is 6.18 Å². The Balaban J connectivity index is 2.01. The number of halogens is 3. The molecule has 0 saturated heterocycles. The highest BCUT2D eigenvalue weighted by atomic mass is 19.4. The van der Waals surface area contributed by atoms with E-state index in [0.717, 1.165) is 24.7 Å². The Kier molecular flexibility index (Phi) is 6.43. The quantitative estimate of drug-likeness (QED) is 0.745. The summed E-state index contributed by atoms with van der Waals surface area (Å²) < 4.78 is 40.0. The molecule has 1 aliphatic rings. The van der Waals surface area contributed by atoms with Gasteiger partial charge in [-0.2, -0.15) is 13.2 Å². The second kappa shape index (κ2) is 7.34. The fourth-order valence-corrected chi connectivity index (χ4v) is 2.51. The van der Waals surface area contributed by atoms with Gasteiger partial charge in [0.2, 0.25) is 0 Å². The summed E-state index contributed by atoms with van der Waals surface area (Å²) in [7, 11) is 0. The first kappa shape index (κ1) is 15.8. The van der Waals surface area contributed by atoms with E-state index in [1.54, 1.807) is 0 Å². The molecular weight excluding hydrogens is 243 g/mol. The van der Waals surface area contributed by atoms with E-state index in [2.05, 4.69) is 23.9 Å². The van der Waals surface area contributed by atoms with Gasteiger partial charge in [-0.3, -0.25) is 0 Å². The van der Waals surface area contributed by atoms with Gasteiger partial charge in [0.1, 0.15) is 6.61 Å². The smallest absolute Gasteiger partial charge is 0.371 e. The highest BCUT2D eigenvalue weighted by molar-refractivity contribution is 4.78. The Morgan fingerprint density at radius 2 is 1.78 bits per heavy atom. The van der Waals surface area contributed by atoms with Gasteiger partial charge in [-0.15, -0.1) is 0 Å². The maximum atomic E-state index is 11.8. The average Bonchev–Trinajstić information content (AvgIpc) is 2.27. The van der Waals surface area contributed by atoms with Crippen molar-refractivity contribution in [3.05, 3.63) is 0 Å². The van der Waals surface area contributed by atoms with Crippen LogP contribution in [-0.2, 0) is 4.74 Å². The lowest BCUT2D eigenvalue weighted by atomic mass is 9.80. The zero-order valence-electron chi connectivity index (χ0n) is 11.2. The molecule has 0 aliphatic heterocycles. The highest BCUT2D eigenvalue weighted by Gasteiger charge is 2.27. The molecule has 0 bridgehead atoms. The average molecular weight is 267 g/mol. The second-order valence-electron chi connectivity index (χ2n) is 5.48. The van der Waals surface area contributed by atoms with Gasteiger partial charge in [-0.05, 0) is 37.5 Å². The van der Waals surface area contributed by atoms with Crippen LogP contribution < -0.4 is 5.32 Å². The Morgan fingerprint density at radius 3 is 2.28 bits per heavy atom. The minimum atomic E-state index is -4.21. The molecule has 1 rings (SSSR count). The SMILES string of the molecule is CC(C)C1CCC(NCCOCC(F)(F)F)CC1. The number of alkyl halides is 3. The van der Waals surface area contributed by atoms with Gasteiger partial charge in [0.15, 0.2) is 0 Å². The Morgan fingerprint density at radius 1 is 1.17 bits per heavy atom. The largest absolute Gasteiger partial charge is 0.411 e. The van der Waals surface area contributed by atoms with E-state index in [1.807, 2.05) is 0 Å². The van der Waals surface area contributed by atoms with E-state index in [-0.39, 0.29) is 6.61 Å². The van der Waals surface area contributed by atoms with Gasteiger partial charge in [0.05, 0.1) is 6.61 Å². The monoisotopic (exact) mass is 267 g/mol. The molecule has 0 heterocycles. The number of ether oxygens (including phenoxy) is 1. The van der Waals surface area contributed by atoms with Gasteiger partial charge in [-0.1, -0.05) is 13.8 Å². The van der Waals surface area contributed by atoms with Crippen molar-refractivity contribution in [2.24, 2.45) is 11.8 Å². The summed E-state index contributed by atoms with van der Waals surface area (Å²) in [4.78, 5) is 0. The summed E-state index contributed by atoms with van der Waals surface area (Å²) in [5.74, 6) is 1.55. The van der Waals surface area contributed by atoms with Crippen LogP contribution in [0.25, 0.3) is 0 Å². The maximum absolute atomic E-state index is 11.8. The molecule has 2 nitrogen and oxygen atoms in total. The van der Waals surface area contributed by atoms with Crippen molar-refractivity contribution in [2.45, 2.75) is 51.7 Å². The molecule has 0 unspecified atom stereocenters. The van der Waals surface area contributed by atoms with Gasteiger partial charge in [0.25, 0.3) is 0 Å². The third-order valence-corrected chi connectivity index (χ3v) is 3.66. The van der Waals surface area contributed by atoms with Crippen LogP contribution in [0.4, 0.5) is 13.2 Å². The molecule has 0 aromatic carbocycles. The lowest BCUT2D eigenvalue weighted by Gasteiger charge is -2.31. The van der Waals surface area contributed by atoms with Crippen LogP contribution in [0.2, 0.25) is 0 Å².